The van der Waals surface area contributed by atoms with Crippen molar-refractivity contribution in [1.29, 1.82) is 0 Å². The topological polar surface area (TPSA) is 67.8 Å². The summed E-state index contributed by atoms with van der Waals surface area (Å²) in [6, 6.07) is 5.64. The molecule has 1 atom stereocenters. The van der Waals surface area contributed by atoms with Gasteiger partial charge in [0, 0.05) is 6.42 Å². The predicted octanol–water partition coefficient (Wildman–Crippen LogP) is 1.30. The zero-order valence-electron chi connectivity index (χ0n) is 10.3. The van der Waals surface area contributed by atoms with Crippen LogP contribution in [-0.4, -0.2) is 30.5 Å². The Morgan fingerprint density at radius 2 is 2.44 bits per heavy atom. The summed E-state index contributed by atoms with van der Waals surface area (Å²) in [5.74, 6) is 0.520. The minimum Gasteiger partial charge on any atom is -0.487 e. The van der Waals surface area contributed by atoms with Crippen LogP contribution in [0.4, 0.5) is 5.69 Å². The lowest BCUT2D eigenvalue weighted by molar-refractivity contribution is -0.143. The first-order chi connectivity index (χ1) is 8.69. The molecule has 1 aromatic rings. The molecule has 0 unspecified atom stereocenters. The van der Waals surface area contributed by atoms with Gasteiger partial charge in [0.1, 0.15) is 12.4 Å². The number of fused-ring (bicyclic) bond motifs is 1. The van der Waals surface area contributed by atoms with E-state index in [2.05, 4.69) is 5.32 Å². The van der Waals surface area contributed by atoms with Crippen molar-refractivity contribution < 1.29 is 19.4 Å². The first kappa shape index (κ1) is 12.7. The number of hydrogen-bond donors (Lipinski definition) is 2. The van der Waals surface area contributed by atoms with E-state index in [1.165, 1.54) is 0 Å². The van der Waals surface area contributed by atoms with Crippen molar-refractivity contribution in [1.82, 2.24) is 0 Å². The van der Waals surface area contributed by atoms with Gasteiger partial charge in [-0.1, -0.05) is 6.07 Å². The van der Waals surface area contributed by atoms with Crippen molar-refractivity contribution in [2.24, 2.45) is 0 Å². The normalized spacial score (nSPS) is 17.3. The molecule has 0 fully saturated rings. The third-order valence-corrected chi connectivity index (χ3v) is 2.69. The smallest absolute Gasteiger partial charge is 0.306 e. The summed E-state index contributed by atoms with van der Waals surface area (Å²) in [4.78, 5) is 11.2. The summed E-state index contributed by atoms with van der Waals surface area (Å²) in [5.41, 5.74) is 1.79. The number of carbonyl (C=O) groups excluding carboxylic acids is 1. The van der Waals surface area contributed by atoms with Crippen molar-refractivity contribution in [3.8, 4) is 5.75 Å². The molecule has 0 bridgehead atoms. The average molecular weight is 251 g/mol. The van der Waals surface area contributed by atoms with Crippen LogP contribution in [0.2, 0.25) is 0 Å². The molecule has 1 heterocycles. The zero-order chi connectivity index (χ0) is 13.0. The number of hydrogen-bond acceptors (Lipinski definition) is 5. The fourth-order valence-corrected chi connectivity index (χ4v) is 1.83. The average Bonchev–Trinajstić information content (AvgIpc) is 2.36. The van der Waals surface area contributed by atoms with Crippen LogP contribution in [0.3, 0.4) is 0 Å². The number of carbonyl (C=O) groups is 1. The Hall–Kier alpha value is -1.75. The van der Waals surface area contributed by atoms with Crippen LogP contribution < -0.4 is 10.1 Å². The third-order valence-electron chi connectivity index (χ3n) is 2.69. The van der Waals surface area contributed by atoms with Crippen LogP contribution in [0.1, 0.15) is 18.9 Å². The standard InChI is InChI=1S/C13H17NO4/c1-2-17-13(16)6-4-9-3-5-10-11(7-9)18-8-12(15)14-10/h3,5,7,12,14-15H,2,4,6,8H2,1H3/t12-/m1/s1. The Kier molecular flexibility index (Phi) is 4.04. The van der Waals surface area contributed by atoms with Crippen LogP contribution in [-0.2, 0) is 16.0 Å². The van der Waals surface area contributed by atoms with E-state index in [9.17, 15) is 9.90 Å². The molecule has 0 saturated heterocycles. The summed E-state index contributed by atoms with van der Waals surface area (Å²) >= 11 is 0. The molecule has 1 aromatic carbocycles. The molecule has 1 aliphatic heterocycles. The number of aryl methyl sites for hydroxylation is 1. The van der Waals surface area contributed by atoms with E-state index in [0.717, 1.165) is 11.3 Å². The second kappa shape index (κ2) is 5.73. The molecular weight excluding hydrogens is 234 g/mol. The molecule has 5 heteroatoms. The Bertz CT molecular complexity index is 433. The summed E-state index contributed by atoms with van der Waals surface area (Å²) in [7, 11) is 0. The van der Waals surface area contributed by atoms with Crippen molar-refractivity contribution in [3.63, 3.8) is 0 Å². The highest BCUT2D eigenvalue weighted by molar-refractivity contribution is 5.70. The van der Waals surface area contributed by atoms with E-state index >= 15 is 0 Å². The van der Waals surface area contributed by atoms with Gasteiger partial charge in [0.25, 0.3) is 0 Å². The number of aliphatic hydroxyl groups excluding tert-OH is 1. The van der Waals surface area contributed by atoms with Gasteiger partial charge in [-0.05, 0) is 31.0 Å². The molecule has 18 heavy (non-hydrogen) atoms. The fourth-order valence-electron chi connectivity index (χ4n) is 1.83. The quantitative estimate of drug-likeness (QED) is 0.790. The lowest BCUT2D eigenvalue weighted by atomic mass is 10.1. The summed E-state index contributed by atoms with van der Waals surface area (Å²) < 4.78 is 10.3. The maximum Gasteiger partial charge on any atom is 0.306 e. The number of aliphatic hydroxyl groups is 1. The Morgan fingerprint density at radius 3 is 3.22 bits per heavy atom. The van der Waals surface area contributed by atoms with Crippen molar-refractivity contribution in [2.45, 2.75) is 26.0 Å². The van der Waals surface area contributed by atoms with E-state index in [1.54, 1.807) is 6.92 Å². The lowest BCUT2D eigenvalue weighted by Gasteiger charge is -2.24. The van der Waals surface area contributed by atoms with Gasteiger partial charge in [0.05, 0.1) is 12.3 Å². The van der Waals surface area contributed by atoms with Crippen molar-refractivity contribution >= 4 is 11.7 Å². The van der Waals surface area contributed by atoms with Gasteiger partial charge in [-0.25, -0.2) is 0 Å². The third kappa shape index (κ3) is 3.13. The van der Waals surface area contributed by atoms with Gasteiger partial charge in [0.15, 0.2) is 6.23 Å². The summed E-state index contributed by atoms with van der Waals surface area (Å²) in [6.45, 7) is 2.43. The lowest BCUT2D eigenvalue weighted by Crippen LogP contribution is -2.30. The van der Waals surface area contributed by atoms with Gasteiger partial charge < -0.3 is 19.9 Å². The molecule has 2 rings (SSSR count). The Morgan fingerprint density at radius 1 is 1.61 bits per heavy atom. The largest absolute Gasteiger partial charge is 0.487 e. The van der Waals surface area contributed by atoms with Crippen molar-refractivity contribution in [3.05, 3.63) is 23.8 Å². The molecule has 0 aliphatic carbocycles. The maximum atomic E-state index is 11.2. The highest BCUT2D eigenvalue weighted by atomic mass is 16.5. The van der Waals surface area contributed by atoms with E-state index < -0.39 is 6.23 Å². The van der Waals surface area contributed by atoms with Crippen LogP contribution in [0.25, 0.3) is 0 Å². The molecule has 0 amide bonds. The molecule has 0 spiro atoms. The van der Waals surface area contributed by atoms with Gasteiger partial charge in [-0.3, -0.25) is 4.79 Å². The Balaban J connectivity index is 1.97. The van der Waals surface area contributed by atoms with E-state index in [4.69, 9.17) is 9.47 Å². The molecule has 0 saturated carbocycles. The molecule has 1 aliphatic rings. The SMILES string of the molecule is CCOC(=O)CCc1ccc2c(c1)OC[C@@H](O)N2. The molecule has 2 N–H and O–H groups in total. The number of ether oxygens (including phenoxy) is 2. The minimum absolute atomic E-state index is 0.190. The van der Waals surface area contributed by atoms with Crippen LogP contribution >= 0.6 is 0 Å². The van der Waals surface area contributed by atoms with Crippen LogP contribution in [0.5, 0.6) is 5.75 Å². The van der Waals surface area contributed by atoms with E-state index in [0.29, 0.717) is 25.2 Å². The first-order valence-electron chi connectivity index (χ1n) is 6.05. The molecule has 98 valence electrons. The number of esters is 1. The number of rotatable bonds is 4. The van der Waals surface area contributed by atoms with Crippen LogP contribution in [0, 0.1) is 0 Å². The highest BCUT2D eigenvalue weighted by Gasteiger charge is 2.16. The first-order valence-corrected chi connectivity index (χ1v) is 6.05. The van der Waals surface area contributed by atoms with Gasteiger partial charge >= 0.3 is 5.97 Å². The molecule has 5 nitrogen and oxygen atoms in total. The van der Waals surface area contributed by atoms with E-state index in [1.807, 2.05) is 18.2 Å². The summed E-state index contributed by atoms with van der Waals surface area (Å²) in [6.07, 6.45) is 0.323. The Labute approximate surface area is 106 Å². The monoisotopic (exact) mass is 251 g/mol. The zero-order valence-corrected chi connectivity index (χ0v) is 10.3. The van der Waals surface area contributed by atoms with E-state index in [-0.39, 0.29) is 12.6 Å². The minimum atomic E-state index is -0.664. The molecule has 0 radical (unpaired) electrons. The maximum absolute atomic E-state index is 11.2. The molecular formula is C13H17NO4. The van der Waals surface area contributed by atoms with Gasteiger partial charge in [0.2, 0.25) is 0 Å². The predicted molar refractivity (Wildman–Crippen MR) is 66.5 cm³/mol. The fraction of sp³-hybridized carbons (Fsp3) is 0.462. The van der Waals surface area contributed by atoms with Gasteiger partial charge in [-0.15, -0.1) is 0 Å². The second-order valence-corrected chi connectivity index (χ2v) is 4.11. The number of nitrogens with one attached hydrogen (secondary N) is 1. The van der Waals surface area contributed by atoms with Crippen LogP contribution in [0.15, 0.2) is 18.2 Å². The highest BCUT2D eigenvalue weighted by Crippen LogP contribution is 2.29. The van der Waals surface area contributed by atoms with Crippen molar-refractivity contribution in [2.75, 3.05) is 18.5 Å². The summed E-state index contributed by atoms with van der Waals surface area (Å²) in [5, 5.41) is 12.3. The number of anilines is 1. The van der Waals surface area contributed by atoms with Gasteiger partial charge in [-0.2, -0.15) is 0 Å². The second-order valence-electron chi connectivity index (χ2n) is 4.11. The number of benzene rings is 1. The molecule has 0 aromatic heterocycles.